The molecule has 5 heteroatoms. The molecule has 3 aromatic rings. The predicted molar refractivity (Wildman–Crippen MR) is 136 cm³/mol. The Morgan fingerprint density at radius 3 is 2.84 bits per heavy atom. The highest BCUT2D eigenvalue weighted by atomic mass is 79.9. The van der Waals surface area contributed by atoms with Crippen molar-refractivity contribution < 1.29 is 9.84 Å². The summed E-state index contributed by atoms with van der Waals surface area (Å²) in [7, 11) is 0. The van der Waals surface area contributed by atoms with Crippen LogP contribution >= 0.6 is 15.9 Å². The number of hydrogen-bond acceptors (Lipinski definition) is 4. The molecule has 0 aromatic heterocycles. The van der Waals surface area contributed by atoms with Crippen molar-refractivity contribution in [1.82, 2.24) is 0 Å². The summed E-state index contributed by atoms with van der Waals surface area (Å²) in [6.45, 7) is 2.62. The molecule has 0 atom stereocenters. The first kappa shape index (κ1) is 22.0. The van der Waals surface area contributed by atoms with E-state index < -0.39 is 0 Å². The Bertz CT molecular complexity index is 1260. The standard InChI is InChI=1S/C27H24BrNO3/c1-2-3-5-18(10-13-32-12-4-11-28)27-24-17-22(30)8-6-19(24)15-25-23-9-7-21(29-31)14-20(23)16-26(25)27/h2-3,5-10,13-15,17,30H,4,11-12,16H2,1H3/b3-2-,13-10+,18-5+. The second-order valence-electron chi connectivity index (χ2n) is 7.66. The van der Waals surface area contributed by atoms with Crippen LogP contribution < -0.4 is 0 Å². The molecule has 0 amide bonds. The van der Waals surface area contributed by atoms with Crippen molar-refractivity contribution >= 4 is 38.0 Å². The van der Waals surface area contributed by atoms with E-state index in [1.54, 1.807) is 18.4 Å². The van der Waals surface area contributed by atoms with E-state index in [0.29, 0.717) is 18.7 Å². The molecule has 1 N–H and O–H groups in total. The van der Waals surface area contributed by atoms with Gasteiger partial charge in [0.2, 0.25) is 0 Å². The van der Waals surface area contributed by atoms with Crippen molar-refractivity contribution in [3.63, 3.8) is 0 Å². The van der Waals surface area contributed by atoms with Gasteiger partial charge in [-0.15, -0.1) is 4.91 Å². The Labute approximate surface area is 196 Å². The molecule has 0 saturated heterocycles. The molecule has 3 aromatic carbocycles. The molecule has 0 bridgehead atoms. The number of halogens is 1. The van der Waals surface area contributed by atoms with E-state index in [4.69, 9.17) is 4.74 Å². The number of phenolic OH excluding ortho intramolecular Hbond substituents is 1. The zero-order chi connectivity index (χ0) is 22.5. The molecule has 0 spiro atoms. The highest BCUT2D eigenvalue weighted by Crippen LogP contribution is 2.45. The van der Waals surface area contributed by atoms with Gasteiger partial charge in [0, 0.05) is 5.33 Å². The third-order valence-electron chi connectivity index (χ3n) is 5.58. The largest absolute Gasteiger partial charge is 0.508 e. The summed E-state index contributed by atoms with van der Waals surface area (Å²) < 4.78 is 5.68. The summed E-state index contributed by atoms with van der Waals surface area (Å²) in [5.74, 6) is 0.226. The van der Waals surface area contributed by atoms with Gasteiger partial charge >= 0.3 is 0 Å². The maximum Gasteiger partial charge on any atom is 0.116 e. The van der Waals surface area contributed by atoms with E-state index in [9.17, 15) is 10.0 Å². The van der Waals surface area contributed by atoms with Crippen LogP contribution in [0.3, 0.4) is 0 Å². The number of ether oxygens (including phenoxy) is 1. The topological polar surface area (TPSA) is 58.9 Å². The molecular weight excluding hydrogens is 466 g/mol. The number of aromatic hydroxyl groups is 1. The highest BCUT2D eigenvalue weighted by molar-refractivity contribution is 9.09. The zero-order valence-electron chi connectivity index (χ0n) is 17.8. The first-order valence-electron chi connectivity index (χ1n) is 10.6. The molecule has 4 nitrogen and oxygen atoms in total. The van der Waals surface area contributed by atoms with Crippen molar-refractivity contribution in [3.8, 4) is 16.9 Å². The average molecular weight is 490 g/mol. The Kier molecular flexibility index (Phi) is 6.86. The summed E-state index contributed by atoms with van der Waals surface area (Å²) in [4.78, 5) is 11.1. The van der Waals surface area contributed by atoms with E-state index in [-0.39, 0.29) is 5.75 Å². The normalized spacial score (nSPS) is 13.1. The summed E-state index contributed by atoms with van der Waals surface area (Å²) in [6.07, 6.45) is 11.4. The van der Waals surface area contributed by atoms with Crippen LogP contribution in [0.4, 0.5) is 5.69 Å². The minimum atomic E-state index is 0.226. The smallest absolute Gasteiger partial charge is 0.116 e. The SMILES string of the molecule is C\C=C/C=C(\C=C\OCCCBr)c1c2c(cc3ccc(O)cc13)-c1ccc(N=O)cc1C2. The Hall–Kier alpha value is -3.18. The summed E-state index contributed by atoms with van der Waals surface area (Å²) in [5, 5.41) is 16.3. The summed E-state index contributed by atoms with van der Waals surface area (Å²) in [6, 6.07) is 13.2. The molecule has 0 unspecified atom stereocenters. The molecule has 1 aliphatic carbocycles. The fraction of sp³-hybridized carbons (Fsp3) is 0.185. The third-order valence-corrected chi connectivity index (χ3v) is 6.14. The number of nitroso groups, excluding NO2 is 1. The van der Waals surface area contributed by atoms with Crippen LogP contribution in [0.25, 0.3) is 27.5 Å². The Balaban J connectivity index is 1.91. The molecule has 0 aliphatic heterocycles. The van der Waals surface area contributed by atoms with Gasteiger partial charge < -0.3 is 9.84 Å². The quantitative estimate of drug-likeness (QED) is 0.0902. The van der Waals surface area contributed by atoms with Crippen molar-refractivity contribution in [2.45, 2.75) is 19.8 Å². The fourth-order valence-corrected chi connectivity index (χ4v) is 4.39. The number of nitrogens with zero attached hydrogens (tertiary/aromatic N) is 1. The Morgan fingerprint density at radius 2 is 2.06 bits per heavy atom. The number of fused-ring (bicyclic) bond motifs is 4. The van der Waals surface area contributed by atoms with Crippen molar-refractivity contribution in [2.24, 2.45) is 5.18 Å². The molecule has 32 heavy (non-hydrogen) atoms. The van der Waals surface area contributed by atoms with Crippen LogP contribution in [-0.2, 0) is 11.2 Å². The van der Waals surface area contributed by atoms with E-state index in [2.05, 4.69) is 33.2 Å². The zero-order valence-corrected chi connectivity index (χ0v) is 19.4. The van der Waals surface area contributed by atoms with Gasteiger partial charge in [0.05, 0.1) is 12.9 Å². The monoisotopic (exact) mass is 489 g/mol. The highest BCUT2D eigenvalue weighted by Gasteiger charge is 2.25. The predicted octanol–water partition coefficient (Wildman–Crippen LogP) is 7.79. The van der Waals surface area contributed by atoms with Crippen molar-refractivity contribution in [3.05, 3.63) is 94.6 Å². The van der Waals surface area contributed by atoms with Gasteiger partial charge in [-0.05, 0) is 106 Å². The minimum Gasteiger partial charge on any atom is -0.508 e. The van der Waals surface area contributed by atoms with Crippen LogP contribution in [0, 0.1) is 4.91 Å². The van der Waals surface area contributed by atoms with Gasteiger partial charge in [-0.25, -0.2) is 0 Å². The maximum absolute atomic E-state index is 11.1. The van der Waals surface area contributed by atoms with Crippen LogP contribution in [0.5, 0.6) is 5.75 Å². The lowest BCUT2D eigenvalue weighted by molar-refractivity contribution is 0.251. The van der Waals surface area contributed by atoms with E-state index >= 15 is 0 Å². The number of phenols is 1. The first-order chi connectivity index (χ1) is 15.7. The second kappa shape index (κ2) is 9.96. The summed E-state index contributed by atoms with van der Waals surface area (Å²) in [5.41, 5.74) is 7.00. The molecule has 0 radical (unpaired) electrons. The molecule has 162 valence electrons. The number of hydrogen-bond donors (Lipinski definition) is 1. The molecule has 0 heterocycles. The van der Waals surface area contributed by atoms with Crippen LogP contribution in [0.1, 0.15) is 30.0 Å². The van der Waals surface area contributed by atoms with Gasteiger partial charge in [0.25, 0.3) is 0 Å². The van der Waals surface area contributed by atoms with Crippen molar-refractivity contribution in [1.29, 1.82) is 0 Å². The molecule has 1 aliphatic rings. The minimum absolute atomic E-state index is 0.226. The fourth-order valence-electron chi connectivity index (χ4n) is 4.17. The van der Waals surface area contributed by atoms with E-state index in [1.807, 2.05) is 49.4 Å². The Morgan fingerprint density at radius 1 is 1.19 bits per heavy atom. The van der Waals surface area contributed by atoms with Crippen molar-refractivity contribution in [2.75, 3.05) is 11.9 Å². The first-order valence-corrected chi connectivity index (χ1v) is 11.7. The number of alkyl halides is 1. The number of rotatable bonds is 8. The lowest BCUT2D eigenvalue weighted by Gasteiger charge is -2.15. The lowest BCUT2D eigenvalue weighted by atomic mass is 9.89. The average Bonchev–Trinajstić information content (AvgIpc) is 3.17. The van der Waals surface area contributed by atoms with Gasteiger partial charge in [-0.1, -0.05) is 46.3 Å². The van der Waals surface area contributed by atoms with Gasteiger partial charge in [-0.2, -0.15) is 0 Å². The number of benzene rings is 3. The molecule has 0 fully saturated rings. The van der Waals surface area contributed by atoms with Gasteiger partial charge in [-0.3, -0.25) is 0 Å². The van der Waals surface area contributed by atoms with Crippen LogP contribution in [0.2, 0.25) is 0 Å². The van der Waals surface area contributed by atoms with E-state index in [1.165, 1.54) is 5.56 Å². The van der Waals surface area contributed by atoms with E-state index in [0.717, 1.165) is 50.4 Å². The lowest BCUT2D eigenvalue weighted by Crippen LogP contribution is -1.95. The molecule has 0 saturated carbocycles. The third kappa shape index (κ3) is 4.39. The molecular formula is C27H24BrNO3. The van der Waals surface area contributed by atoms with Gasteiger partial charge in [0.15, 0.2) is 0 Å². The number of allylic oxidation sites excluding steroid dienone is 5. The van der Waals surface area contributed by atoms with Gasteiger partial charge in [0.1, 0.15) is 11.4 Å². The van der Waals surface area contributed by atoms with Crippen LogP contribution in [-0.4, -0.2) is 17.0 Å². The second-order valence-corrected chi connectivity index (χ2v) is 8.45. The van der Waals surface area contributed by atoms with Crippen LogP contribution in [0.15, 0.2) is 78.2 Å². The molecule has 4 rings (SSSR count). The maximum atomic E-state index is 11.1. The summed E-state index contributed by atoms with van der Waals surface area (Å²) >= 11 is 3.42.